The second-order valence-corrected chi connectivity index (χ2v) is 6.74. The molecule has 1 N–H and O–H groups in total. The van der Waals surface area contributed by atoms with Crippen molar-refractivity contribution in [2.45, 2.75) is 13.0 Å². The average Bonchev–Trinajstić information content (AvgIpc) is 3.10. The fourth-order valence-electron chi connectivity index (χ4n) is 3.46. The molecule has 0 atom stereocenters. The van der Waals surface area contributed by atoms with Crippen molar-refractivity contribution in [2.24, 2.45) is 0 Å². The van der Waals surface area contributed by atoms with E-state index in [1.165, 1.54) is 0 Å². The highest BCUT2D eigenvalue weighted by atomic mass is 16.5. The Labute approximate surface area is 164 Å². The highest BCUT2D eigenvalue weighted by molar-refractivity contribution is 5.79. The molecule has 28 heavy (non-hydrogen) atoms. The van der Waals surface area contributed by atoms with E-state index >= 15 is 0 Å². The molecule has 6 heteroatoms. The summed E-state index contributed by atoms with van der Waals surface area (Å²) in [7, 11) is 0. The number of aryl methyl sites for hydroxylation is 1. The fourth-order valence-corrected chi connectivity index (χ4v) is 3.46. The third-order valence-corrected chi connectivity index (χ3v) is 4.92. The molecule has 0 bridgehead atoms. The molecule has 6 nitrogen and oxygen atoms in total. The number of morpholine rings is 1. The molecule has 1 aliphatic rings. The highest BCUT2D eigenvalue weighted by Gasteiger charge is 2.22. The van der Waals surface area contributed by atoms with E-state index < -0.39 is 0 Å². The number of aromatic nitrogens is 2. The first-order valence-electron chi connectivity index (χ1n) is 9.50. The minimum Gasteiger partial charge on any atom is -0.504 e. The third kappa shape index (κ3) is 3.77. The molecule has 1 saturated heterocycles. The Hall–Kier alpha value is -3.12. The molecule has 144 valence electrons. The Bertz CT molecular complexity index is 932. The van der Waals surface area contributed by atoms with Crippen molar-refractivity contribution in [3.05, 3.63) is 60.7 Å². The molecule has 0 aliphatic carbocycles. The van der Waals surface area contributed by atoms with Gasteiger partial charge in [0.2, 0.25) is 5.91 Å². The number of aromatic hydroxyl groups is 1. The first-order chi connectivity index (χ1) is 13.7. The van der Waals surface area contributed by atoms with Crippen LogP contribution in [0, 0.1) is 0 Å². The van der Waals surface area contributed by atoms with Crippen molar-refractivity contribution < 1.29 is 14.6 Å². The molecular weight excluding hydrogens is 354 g/mol. The van der Waals surface area contributed by atoms with Gasteiger partial charge in [0.05, 0.1) is 19.8 Å². The Morgan fingerprint density at radius 1 is 0.964 bits per heavy atom. The van der Waals surface area contributed by atoms with Crippen molar-refractivity contribution in [3.63, 3.8) is 0 Å². The Balaban J connectivity index is 1.64. The summed E-state index contributed by atoms with van der Waals surface area (Å²) >= 11 is 0. The zero-order valence-corrected chi connectivity index (χ0v) is 15.6. The van der Waals surface area contributed by atoms with Crippen molar-refractivity contribution in [3.8, 4) is 28.3 Å². The SMILES string of the molecule is O=C(CCn1nc(-c2ccccc2)c(O)c1-c1ccccc1)N1CCOCC1. The van der Waals surface area contributed by atoms with Crippen molar-refractivity contribution >= 4 is 5.91 Å². The van der Waals surface area contributed by atoms with Crippen LogP contribution in [0.2, 0.25) is 0 Å². The van der Waals surface area contributed by atoms with E-state index in [9.17, 15) is 9.90 Å². The number of hydrogen-bond acceptors (Lipinski definition) is 4. The van der Waals surface area contributed by atoms with E-state index in [1.54, 1.807) is 4.68 Å². The van der Waals surface area contributed by atoms with Gasteiger partial charge in [0.15, 0.2) is 5.75 Å². The number of carbonyl (C=O) groups excluding carboxylic acids is 1. The largest absolute Gasteiger partial charge is 0.504 e. The van der Waals surface area contributed by atoms with Crippen molar-refractivity contribution in [1.82, 2.24) is 14.7 Å². The van der Waals surface area contributed by atoms with Crippen LogP contribution in [0.3, 0.4) is 0 Å². The molecule has 2 aromatic carbocycles. The molecule has 0 radical (unpaired) electrons. The molecule has 1 aromatic heterocycles. The van der Waals surface area contributed by atoms with E-state index in [0.29, 0.717) is 50.7 Å². The van der Waals surface area contributed by atoms with Gasteiger partial charge in [0, 0.05) is 30.6 Å². The molecule has 0 saturated carbocycles. The molecule has 0 spiro atoms. The second kappa shape index (κ2) is 8.27. The summed E-state index contributed by atoms with van der Waals surface area (Å²) < 4.78 is 7.05. The average molecular weight is 377 g/mol. The maximum absolute atomic E-state index is 12.5. The van der Waals surface area contributed by atoms with E-state index in [2.05, 4.69) is 5.10 Å². The van der Waals surface area contributed by atoms with E-state index in [1.807, 2.05) is 65.6 Å². The van der Waals surface area contributed by atoms with Gasteiger partial charge in [-0.2, -0.15) is 5.10 Å². The lowest BCUT2D eigenvalue weighted by Crippen LogP contribution is -2.41. The topological polar surface area (TPSA) is 67.6 Å². The summed E-state index contributed by atoms with van der Waals surface area (Å²) in [4.78, 5) is 14.4. The van der Waals surface area contributed by atoms with Gasteiger partial charge < -0.3 is 14.7 Å². The monoisotopic (exact) mass is 377 g/mol. The van der Waals surface area contributed by atoms with Gasteiger partial charge in [0.25, 0.3) is 0 Å². The maximum Gasteiger partial charge on any atom is 0.224 e. The van der Waals surface area contributed by atoms with E-state index in [0.717, 1.165) is 11.1 Å². The molecule has 4 rings (SSSR count). The molecule has 2 heterocycles. The quantitative estimate of drug-likeness (QED) is 0.742. The standard InChI is InChI=1S/C22H23N3O3/c26-19(24-13-15-28-16-14-24)11-12-25-21(18-9-5-2-6-10-18)22(27)20(23-25)17-7-3-1-4-8-17/h1-10,27H,11-16H2. The van der Waals surface area contributed by atoms with Crippen LogP contribution < -0.4 is 0 Å². The van der Waals surface area contributed by atoms with Crippen LogP contribution in [0.1, 0.15) is 6.42 Å². The van der Waals surface area contributed by atoms with Gasteiger partial charge in [-0.05, 0) is 0 Å². The van der Waals surface area contributed by atoms with Gasteiger partial charge in [-0.15, -0.1) is 0 Å². The van der Waals surface area contributed by atoms with E-state index in [-0.39, 0.29) is 11.7 Å². The molecule has 1 amide bonds. The summed E-state index contributed by atoms with van der Waals surface area (Å²) in [6.45, 7) is 2.83. The zero-order chi connectivity index (χ0) is 19.3. The second-order valence-electron chi connectivity index (χ2n) is 6.74. The lowest BCUT2D eigenvalue weighted by molar-refractivity contribution is -0.135. The predicted molar refractivity (Wildman–Crippen MR) is 107 cm³/mol. The Morgan fingerprint density at radius 2 is 1.57 bits per heavy atom. The fraction of sp³-hybridized carbons (Fsp3) is 0.273. The molecule has 1 fully saturated rings. The van der Waals surface area contributed by atoms with Crippen LogP contribution in [0.4, 0.5) is 0 Å². The first-order valence-corrected chi connectivity index (χ1v) is 9.50. The third-order valence-electron chi connectivity index (χ3n) is 4.92. The van der Waals surface area contributed by atoms with Crippen LogP contribution >= 0.6 is 0 Å². The van der Waals surface area contributed by atoms with Crippen LogP contribution in [-0.4, -0.2) is 52.0 Å². The number of nitrogens with zero attached hydrogens (tertiary/aromatic N) is 3. The Morgan fingerprint density at radius 3 is 2.21 bits per heavy atom. The van der Waals surface area contributed by atoms with Crippen LogP contribution in [0.5, 0.6) is 5.75 Å². The molecule has 1 aliphatic heterocycles. The number of hydrogen-bond donors (Lipinski definition) is 1. The zero-order valence-electron chi connectivity index (χ0n) is 15.6. The smallest absolute Gasteiger partial charge is 0.224 e. The van der Waals surface area contributed by atoms with Crippen LogP contribution in [0.25, 0.3) is 22.5 Å². The summed E-state index contributed by atoms with van der Waals surface area (Å²) in [5.41, 5.74) is 2.87. The number of carbonyl (C=O) groups is 1. The number of rotatable bonds is 5. The van der Waals surface area contributed by atoms with Gasteiger partial charge in [-0.25, -0.2) is 0 Å². The minimum absolute atomic E-state index is 0.0820. The lowest BCUT2D eigenvalue weighted by Gasteiger charge is -2.26. The minimum atomic E-state index is 0.0820. The van der Waals surface area contributed by atoms with Gasteiger partial charge in [0.1, 0.15) is 11.4 Å². The lowest BCUT2D eigenvalue weighted by atomic mass is 10.1. The number of ether oxygens (including phenoxy) is 1. The summed E-state index contributed by atoms with van der Waals surface area (Å²) in [6, 6.07) is 19.2. The maximum atomic E-state index is 12.5. The van der Waals surface area contributed by atoms with Gasteiger partial charge in [-0.3, -0.25) is 9.48 Å². The van der Waals surface area contributed by atoms with Crippen LogP contribution in [-0.2, 0) is 16.1 Å². The molecule has 0 unspecified atom stereocenters. The predicted octanol–water partition coefficient (Wildman–Crippen LogP) is 3.17. The Kier molecular flexibility index (Phi) is 5.39. The summed E-state index contributed by atoms with van der Waals surface area (Å²) in [6.07, 6.45) is 0.329. The molecule has 3 aromatic rings. The highest BCUT2D eigenvalue weighted by Crippen LogP contribution is 2.37. The first kappa shape index (κ1) is 18.3. The van der Waals surface area contributed by atoms with Crippen LogP contribution in [0.15, 0.2) is 60.7 Å². The van der Waals surface area contributed by atoms with Crippen molar-refractivity contribution in [2.75, 3.05) is 26.3 Å². The van der Waals surface area contributed by atoms with Crippen molar-refractivity contribution in [1.29, 1.82) is 0 Å². The van der Waals surface area contributed by atoms with E-state index in [4.69, 9.17) is 4.74 Å². The summed E-state index contributed by atoms with van der Waals surface area (Å²) in [5, 5.41) is 15.6. The normalized spacial score (nSPS) is 14.2. The number of benzene rings is 2. The molecular formula is C22H23N3O3. The van der Waals surface area contributed by atoms with Gasteiger partial charge >= 0.3 is 0 Å². The van der Waals surface area contributed by atoms with Gasteiger partial charge in [-0.1, -0.05) is 60.7 Å². The number of amides is 1. The summed E-state index contributed by atoms with van der Waals surface area (Å²) in [5.74, 6) is 0.217.